The van der Waals surface area contributed by atoms with Gasteiger partial charge in [0.1, 0.15) is 5.75 Å². The van der Waals surface area contributed by atoms with Crippen molar-refractivity contribution in [1.29, 1.82) is 0 Å². The third-order valence-electron chi connectivity index (χ3n) is 2.48. The van der Waals surface area contributed by atoms with Crippen LogP contribution in [0.3, 0.4) is 0 Å². The molecule has 1 amide bonds. The summed E-state index contributed by atoms with van der Waals surface area (Å²) in [4.78, 5) is 23.1. The summed E-state index contributed by atoms with van der Waals surface area (Å²) in [5.41, 5.74) is 0.268. The van der Waals surface area contributed by atoms with Crippen molar-refractivity contribution in [1.82, 2.24) is 5.32 Å². The van der Waals surface area contributed by atoms with Gasteiger partial charge in [0, 0.05) is 0 Å². The first-order valence-electron chi connectivity index (χ1n) is 5.95. The summed E-state index contributed by atoms with van der Waals surface area (Å²) in [5, 5.41) is 11.4. The van der Waals surface area contributed by atoms with E-state index < -0.39 is 17.9 Å². The third-order valence-corrected chi connectivity index (χ3v) is 2.48. The molecule has 0 radical (unpaired) electrons. The van der Waals surface area contributed by atoms with E-state index in [0.29, 0.717) is 5.75 Å². The van der Waals surface area contributed by atoms with E-state index in [-0.39, 0.29) is 18.8 Å². The minimum atomic E-state index is -1.17. The van der Waals surface area contributed by atoms with Gasteiger partial charge in [-0.3, -0.25) is 4.79 Å². The van der Waals surface area contributed by atoms with E-state index in [0.717, 1.165) is 0 Å². The zero-order valence-electron chi connectivity index (χ0n) is 11.2. The highest BCUT2D eigenvalue weighted by atomic mass is 16.5. The largest absolute Gasteiger partial charge is 0.496 e. The van der Waals surface area contributed by atoms with Gasteiger partial charge < -0.3 is 19.9 Å². The lowest BCUT2D eigenvalue weighted by Crippen LogP contribution is -2.44. The van der Waals surface area contributed by atoms with Crippen LogP contribution < -0.4 is 10.1 Å². The van der Waals surface area contributed by atoms with Crippen LogP contribution in [0, 0.1) is 0 Å². The van der Waals surface area contributed by atoms with Crippen LogP contribution in [-0.2, 0) is 9.53 Å². The molecule has 0 spiro atoms. The number of carboxylic acid groups (broad SMARTS) is 1. The molecule has 1 atom stereocenters. The number of carbonyl (C=O) groups is 2. The minimum absolute atomic E-state index is 0.137. The average molecular weight is 279 g/mol. The fourth-order valence-electron chi connectivity index (χ4n) is 1.51. The smallest absolute Gasteiger partial charge is 0.328 e. The van der Waals surface area contributed by atoms with E-state index in [9.17, 15) is 9.59 Å². The molecule has 0 aliphatic rings. The number of rotatable bonds is 8. The minimum Gasteiger partial charge on any atom is -0.496 e. The van der Waals surface area contributed by atoms with Gasteiger partial charge in [0.2, 0.25) is 0 Å². The first-order valence-corrected chi connectivity index (χ1v) is 5.95. The number of carbonyl (C=O) groups excluding carboxylic acids is 1. The van der Waals surface area contributed by atoms with E-state index >= 15 is 0 Å². The van der Waals surface area contributed by atoms with Crippen LogP contribution in [0.25, 0.3) is 0 Å². The van der Waals surface area contributed by atoms with Gasteiger partial charge >= 0.3 is 5.97 Å². The van der Waals surface area contributed by atoms with Crippen molar-refractivity contribution in [2.24, 2.45) is 0 Å². The Morgan fingerprint density at radius 2 is 2.15 bits per heavy atom. The third kappa shape index (κ3) is 4.40. The van der Waals surface area contributed by atoms with E-state index in [1.807, 2.05) is 0 Å². The number of benzene rings is 1. The number of carboxylic acids is 1. The maximum atomic E-state index is 12.0. The zero-order valence-corrected chi connectivity index (χ0v) is 11.2. The van der Waals surface area contributed by atoms with Crippen LogP contribution in [-0.4, -0.2) is 43.3 Å². The van der Waals surface area contributed by atoms with Gasteiger partial charge in [-0.1, -0.05) is 18.2 Å². The van der Waals surface area contributed by atoms with Gasteiger partial charge in [0.15, 0.2) is 6.04 Å². The Labute approximate surface area is 117 Å². The van der Waals surface area contributed by atoms with Crippen molar-refractivity contribution in [2.75, 3.05) is 20.3 Å². The van der Waals surface area contributed by atoms with Gasteiger partial charge in [-0.15, -0.1) is 6.58 Å². The van der Waals surface area contributed by atoms with E-state index in [4.69, 9.17) is 14.6 Å². The molecule has 0 saturated heterocycles. The van der Waals surface area contributed by atoms with Crippen molar-refractivity contribution in [2.45, 2.75) is 6.04 Å². The van der Waals surface area contributed by atoms with Crippen LogP contribution in [0.15, 0.2) is 36.9 Å². The second-order valence-corrected chi connectivity index (χ2v) is 3.89. The first-order chi connectivity index (χ1) is 9.60. The molecular formula is C14H17NO5. The monoisotopic (exact) mass is 279 g/mol. The van der Waals surface area contributed by atoms with Gasteiger partial charge in [0.25, 0.3) is 5.91 Å². The molecule has 0 aliphatic heterocycles. The van der Waals surface area contributed by atoms with Crippen molar-refractivity contribution in [3.63, 3.8) is 0 Å². The molecule has 6 nitrogen and oxygen atoms in total. The summed E-state index contributed by atoms with van der Waals surface area (Å²) in [5.74, 6) is -1.32. The number of aliphatic carboxylic acids is 1. The van der Waals surface area contributed by atoms with Crippen LogP contribution in [0.5, 0.6) is 5.75 Å². The van der Waals surface area contributed by atoms with Gasteiger partial charge in [-0.25, -0.2) is 4.79 Å². The quantitative estimate of drug-likeness (QED) is 0.549. The summed E-state index contributed by atoms with van der Waals surface area (Å²) >= 11 is 0. The van der Waals surface area contributed by atoms with Crippen molar-refractivity contribution >= 4 is 11.9 Å². The molecule has 2 N–H and O–H groups in total. The number of ether oxygens (including phenoxy) is 2. The molecule has 20 heavy (non-hydrogen) atoms. The molecule has 108 valence electrons. The van der Waals surface area contributed by atoms with Crippen molar-refractivity contribution in [3.8, 4) is 5.75 Å². The Morgan fingerprint density at radius 1 is 1.45 bits per heavy atom. The second kappa shape index (κ2) is 7.96. The molecule has 1 unspecified atom stereocenters. The highest BCUT2D eigenvalue weighted by molar-refractivity contribution is 5.98. The Bertz CT molecular complexity index is 486. The topological polar surface area (TPSA) is 84.9 Å². The normalized spacial score (nSPS) is 11.4. The molecule has 0 bridgehead atoms. The zero-order chi connectivity index (χ0) is 15.0. The highest BCUT2D eigenvalue weighted by Gasteiger charge is 2.22. The average Bonchev–Trinajstić information content (AvgIpc) is 2.46. The second-order valence-electron chi connectivity index (χ2n) is 3.89. The van der Waals surface area contributed by atoms with Crippen molar-refractivity contribution in [3.05, 3.63) is 42.5 Å². The van der Waals surface area contributed by atoms with Crippen molar-refractivity contribution < 1.29 is 24.2 Å². The Morgan fingerprint density at radius 3 is 2.75 bits per heavy atom. The fourth-order valence-corrected chi connectivity index (χ4v) is 1.51. The lowest BCUT2D eigenvalue weighted by Gasteiger charge is -2.15. The maximum absolute atomic E-state index is 12.0. The molecule has 6 heteroatoms. The Hall–Kier alpha value is -2.34. The van der Waals surface area contributed by atoms with E-state index in [1.165, 1.54) is 13.2 Å². The van der Waals surface area contributed by atoms with Crippen LogP contribution >= 0.6 is 0 Å². The highest BCUT2D eigenvalue weighted by Crippen LogP contribution is 2.17. The number of hydrogen-bond donors (Lipinski definition) is 2. The molecule has 0 fully saturated rings. The van der Waals surface area contributed by atoms with Gasteiger partial charge in [0.05, 0.1) is 25.9 Å². The maximum Gasteiger partial charge on any atom is 0.328 e. The first kappa shape index (κ1) is 15.7. The molecule has 0 heterocycles. The van der Waals surface area contributed by atoms with Crippen LogP contribution in [0.1, 0.15) is 10.4 Å². The Balaban J connectivity index is 2.74. The van der Waals surface area contributed by atoms with Crippen LogP contribution in [0.2, 0.25) is 0 Å². The number of nitrogens with one attached hydrogen (secondary N) is 1. The molecule has 0 saturated carbocycles. The molecule has 1 aromatic rings. The Kier molecular flexibility index (Phi) is 6.25. The predicted octanol–water partition coefficient (Wildman–Crippen LogP) is 1.08. The summed E-state index contributed by atoms with van der Waals surface area (Å²) < 4.78 is 10.1. The number of amides is 1. The number of para-hydroxylation sites is 1. The molecule has 0 aliphatic carbocycles. The summed E-state index contributed by atoms with van der Waals surface area (Å²) in [7, 11) is 1.44. The molecular weight excluding hydrogens is 262 g/mol. The molecule has 1 aromatic carbocycles. The van der Waals surface area contributed by atoms with Gasteiger partial charge in [-0.2, -0.15) is 0 Å². The lowest BCUT2D eigenvalue weighted by molar-refractivity contribution is -0.140. The molecule has 1 rings (SSSR count). The van der Waals surface area contributed by atoms with Gasteiger partial charge in [-0.05, 0) is 12.1 Å². The SMILES string of the molecule is C=CCOCC(NC(=O)c1ccccc1OC)C(=O)O. The van der Waals surface area contributed by atoms with Crippen LogP contribution in [0.4, 0.5) is 0 Å². The summed E-state index contributed by atoms with van der Waals surface area (Å²) in [6.07, 6.45) is 1.50. The standard InChI is InChI=1S/C14H17NO5/c1-3-8-20-9-11(14(17)18)15-13(16)10-6-4-5-7-12(10)19-2/h3-7,11H,1,8-9H2,2H3,(H,15,16)(H,17,18). The lowest BCUT2D eigenvalue weighted by atomic mass is 10.1. The fraction of sp³-hybridized carbons (Fsp3) is 0.286. The number of hydrogen-bond acceptors (Lipinski definition) is 4. The van der Waals surface area contributed by atoms with E-state index in [2.05, 4.69) is 11.9 Å². The summed E-state index contributed by atoms with van der Waals surface area (Å²) in [6.45, 7) is 3.54. The predicted molar refractivity (Wildman–Crippen MR) is 72.9 cm³/mol. The van der Waals surface area contributed by atoms with E-state index in [1.54, 1.807) is 24.3 Å². The number of methoxy groups -OCH3 is 1. The summed E-state index contributed by atoms with van der Waals surface area (Å²) in [6, 6.07) is 5.43. The molecule has 0 aromatic heterocycles.